The number of esters is 2. The van der Waals surface area contributed by atoms with Gasteiger partial charge in [0.1, 0.15) is 6.61 Å². The number of carbonyl (C=O) groups is 2. The second kappa shape index (κ2) is 3.51. The fourth-order valence-electron chi connectivity index (χ4n) is 5.84. The average Bonchev–Trinajstić information content (AvgIpc) is 3.00. The van der Waals surface area contributed by atoms with Crippen LogP contribution >= 0.6 is 0 Å². The lowest BCUT2D eigenvalue weighted by Gasteiger charge is -2.52. The molecule has 2 spiro atoms. The molecular formula is C16H18O5. The molecule has 0 aromatic heterocycles. The molecule has 3 heterocycles. The Kier molecular flexibility index (Phi) is 2.04. The molecule has 2 aliphatic carbocycles. The molecule has 6 atom stereocenters. The monoisotopic (exact) mass is 290 g/mol. The van der Waals surface area contributed by atoms with Gasteiger partial charge in [-0.3, -0.25) is 4.79 Å². The second-order valence-electron chi connectivity index (χ2n) is 7.26. The first kappa shape index (κ1) is 12.2. The number of rotatable bonds is 0. The van der Waals surface area contributed by atoms with Gasteiger partial charge in [-0.15, -0.1) is 0 Å². The van der Waals surface area contributed by atoms with Gasteiger partial charge in [-0.05, 0) is 31.1 Å². The van der Waals surface area contributed by atoms with Crippen LogP contribution in [0.4, 0.5) is 0 Å². The average molecular weight is 290 g/mol. The molecular weight excluding hydrogens is 272 g/mol. The molecule has 5 heteroatoms. The lowest BCUT2D eigenvalue weighted by Crippen LogP contribution is -2.55. The number of carbonyl (C=O) groups excluding carboxylic acids is 2. The van der Waals surface area contributed by atoms with Gasteiger partial charge in [0, 0.05) is 11.0 Å². The predicted octanol–water partition coefficient (Wildman–Crippen LogP) is 1.56. The predicted molar refractivity (Wildman–Crippen MR) is 69.8 cm³/mol. The number of hydrogen-bond acceptors (Lipinski definition) is 5. The number of hydrogen-bond donors (Lipinski definition) is 0. The summed E-state index contributed by atoms with van der Waals surface area (Å²) < 4.78 is 17.0. The molecule has 0 amide bonds. The van der Waals surface area contributed by atoms with Crippen LogP contribution in [0, 0.1) is 22.7 Å². The van der Waals surface area contributed by atoms with Crippen LogP contribution in [0.3, 0.4) is 0 Å². The molecule has 21 heavy (non-hydrogen) atoms. The van der Waals surface area contributed by atoms with Gasteiger partial charge in [-0.2, -0.15) is 0 Å². The highest BCUT2D eigenvalue weighted by atomic mass is 16.7. The third-order valence-corrected chi connectivity index (χ3v) is 6.73. The summed E-state index contributed by atoms with van der Waals surface area (Å²) in [6, 6.07) is 0. The highest BCUT2D eigenvalue weighted by Crippen LogP contribution is 2.70. The fraction of sp³-hybridized carbons (Fsp3) is 0.750. The zero-order chi connectivity index (χ0) is 14.4. The highest BCUT2D eigenvalue weighted by molar-refractivity contribution is 5.93. The molecule has 1 saturated carbocycles. The van der Waals surface area contributed by atoms with E-state index in [2.05, 4.69) is 6.92 Å². The van der Waals surface area contributed by atoms with Gasteiger partial charge in [0.15, 0.2) is 0 Å². The van der Waals surface area contributed by atoms with Crippen LogP contribution in [0.25, 0.3) is 0 Å². The number of cyclic esters (lactones) is 1. The summed E-state index contributed by atoms with van der Waals surface area (Å²) in [7, 11) is 0. The Hall–Kier alpha value is -1.36. The Morgan fingerprint density at radius 1 is 1.33 bits per heavy atom. The van der Waals surface area contributed by atoms with Crippen LogP contribution in [0.1, 0.15) is 32.6 Å². The topological polar surface area (TPSA) is 61.8 Å². The van der Waals surface area contributed by atoms with Crippen molar-refractivity contribution in [2.24, 2.45) is 22.7 Å². The minimum atomic E-state index is -0.426. The Balaban J connectivity index is 1.70. The molecule has 0 aromatic rings. The van der Waals surface area contributed by atoms with Gasteiger partial charge in [0.05, 0.1) is 17.9 Å². The zero-order valence-electron chi connectivity index (χ0n) is 12.0. The SMILES string of the molecule is C[C@@H]1[C@@H]2C[C@@]34COC(=O)C3=CCC[C@H]4[C@]13CC(=O)O[C@H]3O2. The van der Waals surface area contributed by atoms with Crippen LogP contribution in [-0.4, -0.2) is 30.9 Å². The van der Waals surface area contributed by atoms with E-state index in [0.717, 1.165) is 24.8 Å². The molecule has 4 fully saturated rings. The van der Waals surface area contributed by atoms with E-state index in [9.17, 15) is 9.59 Å². The van der Waals surface area contributed by atoms with Crippen molar-refractivity contribution in [2.75, 3.05) is 6.61 Å². The van der Waals surface area contributed by atoms with Crippen molar-refractivity contribution in [3.05, 3.63) is 11.6 Å². The van der Waals surface area contributed by atoms with E-state index in [-0.39, 0.29) is 34.8 Å². The van der Waals surface area contributed by atoms with Gasteiger partial charge in [-0.25, -0.2) is 4.79 Å². The standard InChI is InChI=1S/C16H18O5/c1-8-10-5-15-7-19-13(18)9(15)3-2-4-11(15)16(8)6-12(17)21-14(16)20-10/h3,8,10-11,14H,2,4-7H2,1H3/t8-,10+,11-,14-,15-,16+/m1/s1. The minimum Gasteiger partial charge on any atom is -0.461 e. The minimum absolute atomic E-state index is 0.0512. The third-order valence-electron chi connectivity index (χ3n) is 6.73. The Morgan fingerprint density at radius 2 is 2.19 bits per heavy atom. The summed E-state index contributed by atoms with van der Waals surface area (Å²) in [5.74, 6) is 0.191. The summed E-state index contributed by atoms with van der Waals surface area (Å²) in [4.78, 5) is 24.0. The van der Waals surface area contributed by atoms with Crippen LogP contribution in [0.2, 0.25) is 0 Å². The van der Waals surface area contributed by atoms with Crippen LogP contribution in [0.15, 0.2) is 11.6 Å². The van der Waals surface area contributed by atoms with Crippen molar-refractivity contribution < 1.29 is 23.8 Å². The van der Waals surface area contributed by atoms with E-state index in [1.807, 2.05) is 6.08 Å². The maximum absolute atomic E-state index is 12.1. The van der Waals surface area contributed by atoms with Crippen LogP contribution in [-0.2, 0) is 23.8 Å². The van der Waals surface area contributed by atoms with Crippen molar-refractivity contribution >= 4 is 11.9 Å². The maximum atomic E-state index is 12.1. The second-order valence-corrected chi connectivity index (χ2v) is 7.26. The molecule has 0 aromatic carbocycles. The molecule has 3 aliphatic heterocycles. The van der Waals surface area contributed by atoms with E-state index in [4.69, 9.17) is 14.2 Å². The molecule has 112 valence electrons. The van der Waals surface area contributed by atoms with E-state index in [1.54, 1.807) is 0 Å². The lowest BCUT2D eigenvalue weighted by atomic mass is 9.47. The fourth-order valence-corrected chi connectivity index (χ4v) is 5.84. The van der Waals surface area contributed by atoms with Crippen LogP contribution < -0.4 is 0 Å². The largest absolute Gasteiger partial charge is 0.461 e. The molecule has 0 radical (unpaired) electrons. The molecule has 0 unspecified atom stereocenters. The molecule has 5 aliphatic rings. The van der Waals surface area contributed by atoms with E-state index in [0.29, 0.717) is 18.9 Å². The first-order valence-electron chi connectivity index (χ1n) is 7.81. The normalized spacial score (nSPS) is 53.5. The van der Waals surface area contributed by atoms with Crippen molar-refractivity contribution in [3.63, 3.8) is 0 Å². The summed E-state index contributed by atoms with van der Waals surface area (Å²) in [6.45, 7) is 2.62. The molecule has 5 nitrogen and oxygen atoms in total. The van der Waals surface area contributed by atoms with Crippen LogP contribution in [0.5, 0.6) is 0 Å². The summed E-state index contributed by atoms with van der Waals surface area (Å²) in [5, 5.41) is 0. The number of allylic oxidation sites excluding steroid dienone is 1. The van der Waals surface area contributed by atoms with Crippen molar-refractivity contribution in [1.29, 1.82) is 0 Å². The lowest BCUT2D eigenvalue weighted by molar-refractivity contribution is -0.167. The molecule has 3 saturated heterocycles. The molecule has 5 rings (SSSR count). The van der Waals surface area contributed by atoms with Gasteiger partial charge in [0.2, 0.25) is 6.29 Å². The van der Waals surface area contributed by atoms with E-state index < -0.39 is 6.29 Å². The maximum Gasteiger partial charge on any atom is 0.334 e. The first-order chi connectivity index (χ1) is 10.1. The van der Waals surface area contributed by atoms with Gasteiger partial charge in [0.25, 0.3) is 0 Å². The van der Waals surface area contributed by atoms with Crippen molar-refractivity contribution in [1.82, 2.24) is 0 Å². The quantitative estimate of drug-likeness (QED) is 0.634. The summed E-state index contributed by atoms with van der Waals surface area (Å²) in [6.07, 6.45) is 4.75. The molecule has 0 N–H and O–H groups in total. The Bertz CT molecular complexity index is 595. The van der Waals surface area contributed by atoms with E-state index in [1.165, 1.54) is 0 Å². The Labute approximate surface area is 122 Å². The van der Waals surface area contributed by atoms with Crippen molar-refractivity contribution in [3.8, 4) is 0 Å². The Morgan fingerprint density at radius 3 is 3.05 bits per heavy atom. The van der Waals surface area contributed by atoms with Crippen molar-refractivity contribution in [2.45, 2.75) is 45.0 Å². The summed E-state index contributed by atoms with van der Waals surface area (Å²) >= 11 is 0. The number of ether oxygens (including phenoxy) is 3. The first-order valence-corrected chi connectivity index (χ1v) is 7.81. The summed E-state index contributed by atoms with van der Waals surface area (Å²) in [5.41, 5.74) is 0.307. The molecule has 2 bridgehead atoms. The van der Waals surface area contributed by atoms with Gasteiger partial charge >= 0.3 is 11.9 Å². The van der Waals surface area contributed by atoms with Gasteiger partial charge in [-0.1, -0.05) is 13.0 Å². The number of fused-ring (bicyclic) bond motifs is 1. The van der Waals surface area contributed by atoms with E-state index >= 15 is 0 Å². The highest BCUT2D eigenvalue weighted by Gasteiger charge is 2.74. The zero-order valence-corrected chi connectivity index (χ0v) is 12.0. The van der Waals surface area contributed by atoms with Gasteiger partial charge < -0.3 is 14.2 Å². The third kappa shape index (κ3) is 1.16. The smallest absolute Gasteiger partial charge is 0.334 e.